The molecule has 0 aromatic carbocycles. The van der Waals surface area contributed by atoms with Crippen molar-refractivity contribution in [2.24, 2.45) is 11.3 Å². The Kier molecular flexibility index (Phi) is 6.85. The van der Waals surface area contributed by atoms with Crippen LogP contribution in [0.4, 0.5) is 0 Å². The summed E-state index contributed by atoms with van der Waals surface area (Å²) >= 11 is 7.33. The standard InChI is InChI=1S/C22H27ClN6O3S/c1-15(2)11-29-13-17(25-26-29)9-22(21(31)32)5-7-27(8-6-22)20(30)19-4-3-18(33-19)14-28-12-16(23)10-24-28/h3-4,10,12-13,15H,5-9,11,14H2,1-2H3,(H,31,32). The van der Waals surface area contributed by atoms with E-state index >= 15 is 0 Å². The van der Waals surface area contributed by atoms with E-state index < -0.39 is 11.4 Å². The van der Waals surface area contributed by atoms with Crippen LogP contribution in [0.5, 0.6) is 0 Å². The second kappa shape index (κ2) is 9.64. The Morgan fingerprint density at radius 1 is 1.21 bits per heavy atom. The van der Waals surface area contributed by atoms with Crippen LogP contribution in [0.2, 0.25) is 5.02 Å². The summed E-state index contributed by atoms with van der Waals surface area (Å²) in [6.45, 7) is 6.27. The number of aromatic nitrogens is 5. The molecule has 1 N–H and O–H groups in total. The zero-order valence-corrected chi connectivity index (χ0v) is 20.2. The Labute approximate surface area is 201 Å². The first-order valence-electron chi connectivity index (χ1n) is 10.9. The van der Waals surface area contributed by atoms with Gasteiger partial charge in [-0.15, -0.1) is 16.4 Å². The zero-order chi connectivity index (χ0) is 23.6. The second-order valence-corrected chi connectivity index (χ2v) is 10.6. The minimum atomic E-state index is -0.935. The molecule has 1 saturated heterocycles. The van der Waals surface area contributed by atoms with Crippen molar-refractivity contribution in [1.29, 1.82) is 0 Å². The van der Waals surface area contributed by atoms with Crippen molar-refractivity contribution in [3.8, 4) is 0 Å². The summed E-state index contributed by atoms with van der Waals surface area (Å²) in [5.74, 6) is -0.478. The molecule has 4 rings (SSSR count). The molecule has 3 aromatic rings. The summed E-state index contributed by atoms with van der Waals surface area (Å²) in [7, 11) is 0. The van der Waals surface area contributed by atoms with Gasteiger partial charge >= 0.3 is 5.97 Å². The number of carbonyl (C=O) groups excluding carboxylic acids is 1. The lowest BCUT2D eigenvalue weighted by Crippen LogP contribution is -2.47. The maximum absolute atomic E-state index is 13.0. The van der Waals surface area contributed by atoms with Crippen molar-refractivity contribution < 1.29 is 14.7 Å². The summed E-state index contributed by atoms with van der Waals surface area (Å²) in [6.07, 6.45) is 6.24. The topological polar surface area (TPSA) is 106 Å². The number of hydrogen-bond acceptors (Lipinski definition) is 6. The smallest absolute Gasteiger partial charge is 0.310 e. The highest BCUT2D eigenvalue weighted by atomic mass is 35.5. The molecule has 1 aliphatic heterocycles. The average molecular weight is 491 g/mol. The van der Waals surface area contributed by atoms with Crippen LogP contribution >= 0.6 is 22.9 Å². The molecule has 0 aliphatic carbocycles. The van der Waals surface area contributed by atoms with Crippen LogP contribution in [0.3, 0.4) is 0 Å². The Morgan fingerprint density at radius 2 is 1.97 bits per heavy atom. The molecule has 176 valence electrons. The van der Waals surface area contributed by atoms with Gasteiger partial charge in [-0.25, -0.2) is 0 Å². The molecule has 0 spiro atoms. The highest BCUT2D eigenvalue weighted by Gasteiger charge is 2.43. The van der Waals surface area contributed by atoms with Crippen LogP contribution in [0, 0.1) is 11.3 Å². The fourth-order valence-corrected chi connectivity index (χ4v) is 5.28. The molecule has 0 atom stereocenters. The number of piperidine rings is 1. The maximum Gasteiger partial charge on any atom is 0.310 e. The maximum atomic E-state index is 13.0. The Bertz CT molecular complexity index is 1130. The van der Waals surface area contributed by atoms with Gasteiger partial charge in [0.1, 0.15) is 0 Å². The van der Waals surface area contributed by atoms with Crippen molar-refractivity contribution in [2.45, 2.75) is 46.2 Å². The zero-order valence-electron chi connectivity index (χ0n) is 18.6. The van der Waals surface area contributed by atoms with E-state index in [9.17, 15) is 14.7 Å². The number of hydrogen-bond donors (Lipinski definition) is 1. The lowest BCUT2D eigenvalue weighted by molar-refractivity contribution is -0.151. The summed E-state index contributed by atoms with van der Waals surface area (Å²) in [6, 6.07) is 3.74. The van der Waals surface area contributed by atoms with Crippen molar-refractivity contribution >= 4 is 34.8 Å². The summed E-state index contributed by atoms with van der Waals surface area (Å²) in [5.41, 5.74) is -0.255. The van der Waals surface area contributed by atoms with E-state index in [0.717, 1.165) is 11.4 Å². The first-order valence-corrected chi connectivity index (χ1v) is 12.1. The molecule has 3 aromatic heterocycles. The summed E-state index contributed by atoms with van der Waals surface area (Å²) in [5, 5.41) is 23.1. The predicted octanol–water partition coefficient (Wildman–Crippen LogP) is 3.44. The molecule has 0 saturated carbocycles. The molecular weight excluding hydrogens is 464 g/mol. The largest absolute Gasteiger partial charge is 0.481 e. The van der Waals surface area contributed by atoms with Crippen LogP contribution in [-0.2, 0) is 24.3 Å². The Hall–Kier alpha value is -2.72. The van der Waals surface area contributed by atoms with Crippen LogP contribution in [0.15, 0.2) is 30.7 Å². The van der Waals surface area contributed by atoms with Gasteiger partial charge in [0.05, 0.1) is 33.8 Å². The normalized spacial score (nSPS) is 15.8. The Morgan fingerprint density at radius 3 is 2.61 bits per heavy atom. The van der Waals surface area contributed by atoms with Crippen molar-refractivity contribution in [3.05, 3.63) is 51.2 Å². The van der Waals surface area contributed by atoms with Crippen molar-refractivity contribution in [2.75, 3.05) is 13.1 Å². The first-order chi connectivity index (χ1) is 15.7. The summed E-state index contributed by atoms with van der Waals surface area (Å²) in [4.78, 5) is 28.6. The molecule has 9 nitrogen and oxygen atoms in total. The Balaban J connectivity index is 1.38. The molecule has 1 fully saturated rings. The van der Waals surface area contributed by atoms with Gasteiger partial charge in [-0.05, 0) is 30.9 Å². The molecule has 0 bridgehead atoms. The molecule has 1 aliphatic rings. The van der Waals surface area contributed by atoms with E-state index in [1.54, 1.807) is 26.7 Å². The van der Waals surface area contributed by atoms with Gasteiger partial charge in [-0.3, -0.25) is 19.0 Å². The molecule has 4 heterocycles. The van der Waals surface area contributed by atoms with Gasteiger partial charge in [-0.2, -0.15) is 5.10 Å². The fraction of sp³-hybridized carbons (Fsp3) is 0.500. The number of thiophene rings is 1. The number of rotatable bonds is 8. The van der Waals surface area contributed by atoms with Gasteiger partial charge in [0, 0.05) is 43.3 Å². The van der Waals surface area contributed by atoms with E-state index in [0.29, 0.717) is 60.4 Å². The minimum Gasteiger partial charge on any atom is -0.481 e. The van der Waals surface area contributed by atoms with Crippen LogP contribution in [0.25, 0.3) is 0 Å². The first kappa shape index (κ1) is 23.4. The molecule has 0 unspecified atom stereocenters. The van der Waals surface area contributed by atoms with E-state index in [1.165, 1.54) is 11.3 Å². The number of carboxylic acid groups (broad SMARTS) is 1. The number of nitrogens with zero attached hydrogens (tertiary/aromatic N) is 6. The highest BCUT2D eigenvalue weighted by Crippen LogP contribution is 2.36. The minimum absolute atomic E-state index is 0.0633. The molecule has 11 heteroatoms. The lowest BCUT2D eigenvalue weighted by atomic mass is 9.75. The predicted molar refractivity (Wildman–Crippen MR) is 124 cm³/mol. The second-order valence-electron chi connectivity index (χ2n) is 9.00. The van der Waals surface area contributed by atoms with Crippen molar-refractivity contribution in [1.82, 2.24) is 29.7 Å². The van der Waals surface area contributed by atoms with Crippen LogP contribution < -0.4 is 0 Å². The number of halogens is 1. The lowest BCUT2D eigenvalue weighted by Gasteiger charge is -2.38. The number of likely N-dealkylation sites (tertiary alicyclic amines) is 1. The fourth-order valence-electron chi connectivity index (χ4n) is 4.15. The van der Waals surface area contributed by atoms with Gasteiger partial charge in [0.15, 0.2) is 0 Å². The third-order valence-electron chi connectivity index (χ3n) is 5.91. The van der Waals surface area contributed by atoms with E-state index in [2.05, 4.69) is 29.3 Å². The van der Waals surface area contributed by atoms with E-state index in [1.807, 2.05) is 18.3 Å². The number of carboxylic acids is 1. The van der Waals surface area contributed by atoms with E-state index in [4.69, 9.17) is 11.6 Å². The number of amides is 1. The average Bonchev–Trinajstić information content (AvgIpc) is 3.50. The van der Waals surface area contributed by atoms with Gasteiger partial charge < -0.3 is 10.0 Å². The van der Waals surface area contributed by atoms with E-state index in [-0.39, 0.29) is 5.91 Å². The third-order valence-corrected chi connectivity index (χ3v) is 7.16. The van der Waals surface area contributed by atoms with Crippen LogP contribution in [-0.4, -0.2) is 59.7 Å². The number of carbonyl (C=O) groups is 2. The molecule has 1 amide bonds. The number of aliphatic carboxylic acids is 1. The quantitative estimate of drug-likeness (QED) is 0.518. The van der Waals surface area contributed by atoms with Crippen LogP contribution in [0.1, 0.15) is 46.9 Å². The molecule has 33 heavy (non-hydrogen) atoms. The summed E-state index contributed by atoms with van der Waals surface area (Å²) < 4.78 is 3.49. The highest BCUT2D eigenvalue weighted by molar-refractivity contribution is 7.14. The molecular formula is C22H27ClN6O3S. The van der Waals surface area contributed by atoms with Gasteiger partial charge in [0.2, 0.25) is 0 Å². The van der Waals surface area contributed by atoms with Crippen molar-refractivity contribution in [3.63, 3.8) is 0 Å². The molecule has 0 radical (unpaired) electrons. The monoisotopic (exact) mass is 490 g/mol. The van der Waals surface area contributed by atoms with Gasteiger partial charge in [0.25, 0.3) is 5.91 Å². The third kappa shape index (κ3) is 5.44. The SMILES string of the molecule is CC(C)Cn1cc(CC2(C(=O)O)CCN(C(=O)c3ccc(Cn4cc(Cl)cn4)s3)CC2)nn1. The van der Waals surface area contributed by atoms with Gasteiger partial charge in [-0.1, -0.05) is 30.7 Å².